The van der Waals surface area contributed by atoms with Crippen LogP contribution in [0.15, 0.2) is 41.9 Å². The lowest BCUT2D eigenvalue weighted by Crippen LogP contribution is -2.34. The van der Waals surface area contributed by atoms with Gasteiger partial charge in [-0.1, -0.05) is 6.58 Å². The third-order valence-corrected chi connectivity index (χ3v) is 5.30. The molecule has 1 aromatic carbocycles. The minimum absolute atomic E-state index is 0.0964. The Hall–Kier alpha value is -2.32. The molecule has 0 unspecified atom stereocenters. The van der Waals surface area contributed by atoms with Crippen LogP contribution in [0.3, 0.4) is 0 Å². The number of anilines is 1. The van der Waals surface area contributed by atoms with E-state index in [2.05, 4.69) is 26.6 Å². The summed E-state index contributed by atoms with van der Waals surface area (Å²) in [5, 5.41) is 3.12. The van der Waals surface area contributed by atoms with Crippen LogP contribution in [0.5, 0.6) is 0 Å². The van der Waals surface area contributed by atoms with Gasteiger partial charge in [-0.25, -0.2) is 23.1 Å². The molecule has 0 aliphatic heterocycles. The maximum absolute atomic E-state index is 12.4. The van der Waals surface area contributed by atoms with Gasteiger partial charge in [-0.2, -0.15) is 0 Å². The molecule has 2 N–H and O–H groups in total. The van der Waals surface area contributed by atoms with E-state index in [1.807, 2.05) is 6.92 Å². The molecule has 7 nitrogen and oxygen atoms in total. The number of fused-ring (bicyclic) bond motifs is 1. The normalized spacial score (nSPS) is 16.0. The van der Waals surface area contributed by atoms with Crippen LogP contribution >= 0.6 is 0 Å². The molecule has 0 atom stereocenters. The van der Waals surface area contributed by atoms with Crippen molar-refractivity contribution in [2.24, 2.45) is 0 Å². The standard InChI is InChI=1S/C15H16N4O3S/c1-3-13(20)18-14-16-9-10-4-5-11(8-12(10)17-14)23(21,22)19-15(2)6-7-15/h3-5,8-9,19H,1,6-7H2,2H3,(H,16,17,18,20). The highest BCUT2D eigenvalue weighted by atomic mass is 32.2. The molecular weight excluding hydrogens is 316 g/mol. The van der Waals surface area contributed by atoms with E-state index in [0.717, 1.165) is 18.9 Å². The molecular formula is C15H16N4O3S. The van der Waals surface area contributed by atoms with E-state index in [-0.39, 0.29) is 16.4 Å². The smallest absolute Gasteiger partial charge is 0.250 e. The fraction of sp³-hybridized carbons (Fsp3) is 0.267. The van der Waals surface area contributed by atoms with Gasteiger partial charge in [0.2, 0.25) is 21.9 Å². The van der Waals surface area contributed by atoms with E-state index < -0.39 is 15.9 Å². The van der Waals surface area contributed by atoms with Gasteiger partial charge in [0.25, 0.3) is 0 Å². The Morgan fingerprint density at radius 2 is 2.13 bits per heavy atom. The molecule has 1 fully saturated rings. The molecule has 1 saturated carbocycles. The Kier molecular flexibility index (Phi) is 3.65. The summed E-state index contributed by atoms with van der Waals surface area (Å²) in [5.74, 6) is -0.337. The van der Waals surface area contributed by atoms with Gasteiger partial charge < -0.3 is 0 Å². The number of rotatable bonds is 5. The lowest BCUT2D eigenvalue weighted by atomic mass is 10.2. The molecule has 1 aromatic heterocycles. The average Bonchev–Trinajstić information content (AvgIpc) is 3.22. The van der Waals surface area contributed by atoms with E-state index in [1.54, 1.807) is 6.07 Å². The topological polar surface area (TPSA) is 101 Å². The van der Waals surface area contributed by atoms with Gasteiger partial charge in [0.05, 0.1) is 10.4 Å². The summed E-state index contributed by atoms with van der Waals surface area (Å²) in [7, 11) is -3.60. The first-order valence-electron chi connectivity index (χ1n) is 7.06. The molecule has 1 heterocycles. The number of aromatic nitrogens is 2. The Morgan fingerprint density at radius 1 is 1.39 bits per heavy atom. The van der Waals surface area contributed by atoms with Gasteiger partial charge >= 0.3 is 0 Å². The number of carbonyl (C=O) groups excluding carboxylic acids is 1. The molecule has 3 rings (SSSR count). The lowest BCUT2D eigenvalue weighted by Gasteiger charge is -2.12. The largest absolute Gasteiger partial charge is 0.291 e. The number of amides is 1. The molecule has 1 aliphatic rings. The van der Waals surface area contributed by atoms with Crippen molar-refractivity contribution in [2.75, 3.05) is 5.32 Å². The zero-order valence-electron chi connectivity index (χ0n) is 12.5. The second-order valence-electron chi connectivity index (χ2n) is 5.77. The van der Waals surface area contributed by atoms with Crippen LogP contribution in [0, 0.1) is 0 Å². The van der Waals surface area contributed by atoms with Crippen LogP contribution in [-0.2, 0) is 14.8 Å². The number of sulfonamides is 1. The van der Waals surface area contributed by atoms with E-state index in [1.165, 1.54) is 18.3 Å². The summed E-state index contributed by atoms with van der Waals surface area (Å²) in [5.41, 5.74) is 0.0888. The molecule has 1 amide bonds. The van der Waals surface area contributed by atoms with E-state index in [9.17, 15) is 13.2 Å². The second-order valence-corrected chi connectivity index (χ2v) is 7.46. The van der Waals surface area contributed by atoms with Crippen molar-refractivity contribution in [2.45, 2.75) is 30.2 Å². The minimum atomic E-state index is -3.60. The molecule has 1 aliphatic carbocycles. The maximum Gasteiger partial charge on any atom is 0.250 e. The number of nitrogens with zero attached hydrogens (tertiary/aromatic N) is 2. The van der Waals surface area contributed by atoms with Gasteiger partial charge in [-0.15, -0.1) is 0 Å². The maximum atomic E-state index is 12.4. The number of nitrogens with one attached hydrogen (secondary N) is 2. The SMILES string of the molecule is C=CC(=O)Nc1ncc2ccc(S(=O)(=O)NC3(C)CC3)cc2n1. The first kappa shape index (κ1) is 15.6. The highest BCUT2D eigenvalue weighted by Crippen LogP contribution is 2.36. The number of benzene rings is 1. The second kappa shape index (κ2) is 5.39. The first-order valence-corrected chi connectivity index (χ1v) is 8.54. The minimum Gasteiger partial charge on any atom is -0.291 e. The Morgan fingerprint density at radius 3 is 2.78 bits per heavy atom. The van der Waals surface area contributed by atoms with Crippen molar-refractivity contribution >= 4 is 32.8 Å². The van der Waals surface area contributed by atoms with Gasteiger partial charge in [0.15, 0.2) is 0 Å². The van der Waals surface area contributed by atoms with Crippen LogP contribution in [0.1, 0.15) is 19.8 Å². The molecule has 120 valence electrons. The molecule has 0 spiro atoms. The zero-order chi connectivity index (χ0) is 16.7. The first-order chi connectivity index (χ1) is 10.8. The highest BCUT2D eigenvalue weighted by molar-refractivity contribution is 7.89. The lowest BCUT2D eigenvalue weighted by molar-refractivity contribution is -0.111. The third-order valence-electron chi connectivity index (χ3n) is 3.67. The monoisotopic (exact) mass is 332 g/mol. The summed E-state index contributed by atoms with van der Waals surface area (Å²) in [4.78, 5) is 19.6. The average molecular weight is 332 g/mol. The van der Waals surface area contributed by atoms with Crippen molar-refractivity contribution in [3.63, 3.8) is 0 Å². The van der Waals surface area contributed by atoms with Crippen LogP contribution in [0.4, 0.5) is 5.95 Å². The number of carbonyl (C=O) groups is 1. The van der Waals surface area contributed by atoms with Crippen molar-refractivity contribution in [1.29, 1.82) is 0 Å². The van der Waals surface area contributed by atoms with Crippen molar-refractivity contribution in [1.82, 2.24) is 14.7 Å². The summed E-state index contributed by atoms with van der Waals surface area (Å²) >= 11 is 0. The van der Waals surface area contributed by atoms with Crippen LogP contribution < -0.4 is 10.0 Å². The number of hydrogen-bond donors (Lipinski definition) is 2. The number of hydrogen-bond acceptors (Lipinski definition) is 5. The highest BCUT2D eigenvalue weighted by Gasteiger charge is 2.41. The summed E-state index contributed by atoms with van der Waals surface area (Å²) in [6.07, 6.45) is 4.29. The molecule has 8 heteroatoms. The van der Waals surface area contributed by atoms with Crippen LogP contribution in [-0.4, -0.2) is 29.8 Å². The molecule has 2 aromatic rings. The summed E-state index contributed by atoms with van der Waals surface area (Å²) < 4.78 is 27.5. The zero-order valence-corrected chi connectivity index (χ0v) is 13.4. The molecule has 0 radical (unpaired) electrons. The van der Waals surface area contributed by atoms with Gasteiger partial charge in [0, 0.05) is 17.1 Å². The Bertz CT molecular complexity index is 904. The quantitative estimate of drug-likeness (QED) is 0.810. The van der Waals surface area contributed by atoms with Gasteiger partial charge in [0.1, 0.15) is 0 Å². The van der Waals surface area contributed by atoms with Gasteiger partial charge in [-0.3, -0.25) is 10.1 Å². The molecule has 23 heavy (non-hydrogen) atoms. The Balaban J connectivity index is 1.96. The van der Waals surface area contributed by atoms with Gasteiger partial charge in [-0.05, 0) is 44.0 Å². The van der Waals surface area contributed by atoms with E-state index in [0.29, 0.717) is 10.9 Å². The third kappa shape index (κ3) is 3.38. The summed E-state index contributed by atoms with van der Waals surface area (Å²) in [6.45, 7) is 5.22. The summed E-state index contributed by atoms with van der Waals surface area (Å²) in [6, 6.07) is 4.62. The fourth-order valence-corrected chi connectivity index (χ4v) is 3.55. The fourth-order valence-electron chi connectivity index (χ4n) is 2.06. The Labute approximate surface area is 133 Å². The van der Waals surface area contributed by atoms with Crippen molar-refractivity contribution in [3.8, 4) is 0 Å². The van der Waals surface area contributed by atoms with Crippen molar-refractivity contribution in [3.05, 3.63) is 37.1 Å². The predicted molar refractivity (Wildman–Crippen MR) is 86.3 cm³/mol. The van der Waals surface area contributed by atoms with E-state index in [4.69, 9.17) is 0 Å². The van der Waals surface area contributed by atoms with Crippen molar-refractivity contribution < 1.29 is 13.2 Å². The predicted octanol–water partition coefficient (Wildman–Crippen LogP) is 1.59. The van der Waals surface area contributed by atoms with Crippen LogP contribution in [0.2, 0.25) is 0 Å². The molecule has 0 bridgehead atoms. The van der Waals surface area contributed by atoms with Crippen LogP contribution in [0.25, 0.3) is 10.9 Å². The molecule has 0 saturated heterocycles. The van der Waals surface area contributed by atoms with E-state index >= 15 is 0 Å².